The third-order valence-corrected chi connectivity index (χ3v) is 3.93. The number of aliphatic hydroxyl groups excluding tert-OH is 3. The lowest BCUT2D eigenvalue weighted by molar-refractivity contribution is 0.0197. The summed E-state index contributed by atoms with van der Waals surface area (Å²) >= 11 is 0. The number of carbonyl (C=O) groups excluding carboxylic acids is 1. The smallest absolute Gasteiger partial charge is 0.255 e. The molecule has 1 aromatic rings. The summed E-state index contributed by atoms with van der Waals surface area (Å²) in [4.78, 5) is 12.3. The lowest BCUT2D eigenvalue weighted by Gasteiger charge is -2.17. The zero-order valence-corrected chi connectivity index (χ0v) is 13.0. The van der Waals surface area contributed by atoms with Gasteiger partial charge in [0.05, 0.1) is 50.7 Å². The Morgan fingerprint density at radius 3 is 2.48 bits per heavy atom. The van der Waals surface area contributed by atoms with Crippen molar-refractivity contribution in [1.29, 1.82) is 0 Å². The van der Waals surface area contributed by atoms with E-state index in [4.69, 9.17) is 14.6 Å². The topological polar surface area (TPSA) is 120 Å². The lowest BCUT2D eigenvalue weighted by Crippen LogP contribution is -2.44. The van der Waals surface area contributed by atoms with E-state index in [1.54, 1.807) is 18.2 Å². The van der Waals surface area contributed by atoms with Gasteiger partial charge in [0.1, 0.15) is 11.5 Å². The van der Waals surface area contributed by atoms with Gasteiger partial charge in [0.2, 0.25) is 0 Å². The van der Waals surface area contributed by atoms with Gasteiger partial charge >= 0.3 is 0 Å². The van der Waals surface area contributed by atoms with Gasteiger partial charge in [0, 0.05) is 6.54 Å². The second-order valence-corrected chi connectivity index (χ2v) is 5.32. The van der Waals surface area contributed by atoms with Crippen molar-refractivity contribution >= 4 is 5.91 Å². The molecule has 1 saturated heterocycles. The number of nitrogens with one attached hydrogen (secondary N) is 2. The van der Waals surface area contributed by atoms with Crippen LogP contribution in [0, 0.1) is 0 Å². The van der Waals surface area contributed by atoms with Gasteiger partial charge in [-0.3, -0.25) is 4.79 Å². The Morgan fingerprint density at radius 2 is 1.91 bits per heavy atom. The molecule has 8 heteroatoms. The van der Waals surface area contributed by atoms with Gasteiger partial charge in [0.25, 0.3) is 5.91 Å². The summed E-state index contributed by atoms with van der Waals surface area (Å²) in [6, 6.07) is 3.70. The molecule has 0 radical (unpaired) electrons. The molecule has 1 aliphatic heterocycles. The highest BCUT2D eigenvalue weighted by Gasteiger charge is 2.40. The molecule has 0 aromatic heterocycles. The van der Waals surface area contributed by atoms with E-state index >= 15 is 0 Å². The number of amides is 1. The van der Waals surface area contributed by atoms with E-state index in [2.05, 4.69) is 10.6 Å². The van der Waals surface area contributed by atoms with E-state index in [-0.39, 0.29) is 13.2 Å². The van der Waals surface area contributed by atoms with Crippen LogP contribution in [0.3, 0.4) is 0 Å². The molecular formula is C15H22N2O6. The Morgan fingerprint density at radius 1 is 1.22 bits per heavy atom. The molecule has 8 nitrogen and oxygen atoms in total. The van der Waals surface area contributed by atoms with Crippen molar-refractivity contribution in [2.45, 2.75) is 24.3 Å². The Bertz CT molecular complexity index is 553. The number of methoxy groups -OCH3 is 2. The highest BCUT2D eigenvalue weighted by atomic mass is 16.5. The van der Waals surface area contributed by atoms with Gasteiger partial charge < -0.3 is 35.4 Å². The van der Waals surface area contributed by atoms with Crippen LogP contribution in [0.25, 0.3) is 0 Å². The SMILES string of the molecule is COc1ccc(OC)c(C(=O)NC[C@@H]2N[C@H](CO)[C@H](O)[C@@H]2O)c1. The average Bonchev–Trinajstić information content (AvgIpc) is 2.86. The van der Waals surface area contributed by atoms with Crippen molar-refractivity contribution in [3.8, 4) is 11.5 Å². The number of ether oxygens (including phenoxy) is 2. The minimum absolute atomic E-state index is 0.0912. The first kappa shape index (κ1) is 17.5. The zero-order chi connectivity index (χ0) is 17.0. The molecule has 23 heavy (non-hydrogen) atoms. The summed E-state index contributed by atoms with van der Waals surface area (Å²) in [7, 11) is 2.96. The normalized spacial score (nSPS) is 26.8. The van der Waals surface area contributed by atoms with Crippen molar-refractivity contribution in [3.05, 3.63) is 23.8 Å². The molecule has 5 N–H and O–H groups in total. The van der Waals surface area contributed by atoms with Crippen LogP contribution in [-0.4, -0.2) is 72.9 Å². The van der Waals surface area contributed by atoms with Crippen LogP contribution in [0.4, 0.5) is 0 Å². The predicted molar refractivity (Wildman–Crippen MR) is 81.7 cm³/mol. The van der Waals surface area contributed by atoms with Crippen molar-refractivity contribution in [1.82, 2.24) is 10.6 Å². The van der Waals surface area contributed by atoms with Crippen LogP contribution in [0.2, 0.25) is 0 Å². The minimum atomic E-state index is -1.08. The highest BCUT2D eigenvalue weighted by Crippen LogP contribution is 2.24. The van der Waals surface area contributed by atoms with Crippen molar-refractivity contribution in [2.24, 2.45) is 0 Å². The maximum absolute atomic E-state index is 12.3. The monoisotopic (exact) mass is 326 g/mol. The molecule has 0 spiro atoms. The largest absolute Gasteiger partial charge is 0.497 e. The summed E-state index contributed by atoms with van der Waals surface area (Å²) in [5, 5.41) is 34.3. The molecule has 4 atom stereocenters. The number of benzene rings is 1. The Kier molecular flexibility index (Phi) is 5.78. The van der Waals surface area contributed by atoms with E-state index in [0.29, 0.717) is 17.1 Å². The van der Waals surface area contributed by atoms with Crippen LogP contribution in [0.5, 0.6) is 11.5 Å². The van der Waals surface area contributed by atoms with Crippen molar-refractivity contribution in [3.63, 3.8) is 0 Å². The average molecular weight is 326 g/mol. The first-order chi connectivity index (χ1) is 11.0. The van der Waals surface area contributed by atoms with Crippen molar-refractivity contribution in [2.75, 3.05) is 27.4 Å². The summed E-state index contributed by atoms with van der Waals surface area (Å²) in [5.41, 5.74) is 0.304. The molecule has 1 heterocycles. The Labute approximate surface area is 134 Å². The fraction of sp³-hybridized carbons (Fsp3) is 0.533. The van der Waals surface area contributed by atoms with E-state index in [1.807, 2.05) is 0 Å². The Balaban J connectivity index is 2.03. The minimum Gasteiger partial charge on any atom is -0.497 e. The molecule has 0 saturated carbocycles. The maximum atomic E-state index is 12.3. The molecule has 2 rings (SSSR count). The summed E-state index contributed by atoms with van der Waals surface area (Å²) in [6.07, 6.45) is -2.15. The lowest BCUT2D eigenvalue weighted by atomic mass is 10.1. The molecule has 0 bridgehead atoms. The zero-order valence-electron chi connectivity index (χ0n) is 13.0. The number of rotatable bonds is 6. The highest BCUT2D eigenvalue weighted by molar-refractivity contribution is 5.97. The standard InChI is InChI=1S/C15H22N2O6/c1-22-8-3-4-12(23-2)9(5-8)15(21)16-6-10-13(19)14(20)11(7-18)17-10/h3-5,10-11,13-14,17-20H,6-7H2,1-2H3,(H,16,21)/t10-,11+,13+,14-/m0/s1. The van der Waals surface area contributed by atoms with Crippen LogP contribution in [0.15, 0.2) is 18.2 Å². The van der Waals surface area contributed by atoms with Crippen LogP contribution < -0.4 is 20.1 Å². The van der Waals surface area contributed by atoms with Gasteiger partial charge in [-0.05, 0) is 18.2 Å². The fourth-order valence-electron chi connectivity index (χ4n) is 2.58. The van der Waals surface area contributed by atoms with Gasteiger partial charge in [-0.1, -0.05) is 0 Å². The molecular weight excluding hydrogens is 304 g/mol. The van der Waals surface area contributed by atoms with E-state index < -0.39 is 30.2 Å². The van der Waals surface area contributed by atoms with Gasteiger partial charge in [-0.2, -0.15) is 0 Å². The van der Waals surface area contributed by atoms with Crippen LogP contribution in [-0.2, 0) is 0 Å². The predicted octanol–water partition coefficient (Wildman–Crippen LogP) is -1.51. The van der Waals surface area contributed by atoms with Crippen molar-refractivity contribution < 1.29 is 29.6 Å². The summed E-state index contributed by atoms with van der Waals surface area (Å²) in [5.74, 6) is 0.527. The third kappa shape index (κ3) is 3.73. The van der Waals surface area contributed by atoms with Crippen LogP contribution in [0.1, 0.15) is 10.4 Å². The molecule has 1 amide bonds. The van der Waals surface area contributed by atoms with Gasteiger partial charge in [-0.25, -0.2) is 0 Å². The third-order valence-electron chi connectivity index (χ3n) is 3.93. The number of aliphatic hydroxyl groups is 3. The fourth-order valence-corrected chi connectivity index (χ4v) is 2.58. The molecule has 1 aliphatic rings. The van der Waals surface area contributed by atoms with Gasteiger partial charge in [0.15, 0.2) is 0 Å². The van der Waals surface area contributed by atoms with E-state index in [9.17, 15) is 15.0 Å². The second-order valence-electron chi connectivity index (χ2n) is 5.32. The first-order valence-corrected chi connectivity index (χ1v) is 7.25. The van der Waals surface area contributed by atoms with E-state index in [1.165, 1.54) is 14.2 Å². The second kappa shape index (κ2) is 7.60. The van der Waals surface area contributed by atoms with E-state index in [0.717, 1.165) is 0 Å². The van der Waals surface area contributed by atoms with Crippen LogP contribution >= 0.6 is 0 Å². The molecule has 1 fully saturated rings. The number of hydrogen-bond donors (Lipinski definition) is 5. The molecule has 1 aromatic carbocycles. The first-order valence-electron chi connectivity index (χ1n) is 7.25. The molecule has 128 valence electrons. The van der Waals surface area contributed by atoms with Gasteiger partial charge in [-0.15, -0.1) is 0 Å². The molecule has 0 aliphatic carbocycles. The summed E-state index contributed by atoms with van der Waals surface area (Å²) < 4.78 is 10.2. The number of hydrogen-bond acceptors (Lipinski definition) is 7. The quantitative estimate of drug-likeness (QED) is 0.431. The molecule has 0 unspecified atom stereocenters. The maximum Gasteiger partial charge on any atom is 0.255 e. The summed E-state index contributed by atoms with van der Waals surface area (Å²) in [6.45, 7) is -0.208. The Hall–Kier alpha value is -1.87. The number of carbonyl (C=O) groups is 1.